The van der Waals surface area contributed by atoms with Crippen molar-refractivity contribution >= 4 is 24.8 Å². The molecule has 1 unspecified atom stereocenters. The normalized spacial score (nSPS) is 15.0. The van der Waals surface area contributed by atoms with Crippen LogP contribution in [0, 0.1) is 17.4 Å². The molecule has 6 rings (SSSR count). The molecular formula is C48H52F6Zr. The molecule has 1 aliphatic carbocycles. The molecule has 0 nitrogen and oxygen atoms in total. The molecule has 0 fully saturated rings. The Labute approximate surface area is 338 Å². The van der Waals surface area contributed by atoms with Crippen LogP contribution >= 0.6 is 0 Å². The molecule has 0 radical (unpaired) electrons. The molecule has 5 aromatic rings. The van der Waals surface area contributed by atoms with Gasteiger partial charge in [0.25, 0.3) is 0 Å². The molecular weight excluding hydrogens is 782 g/mol. The Hall–Kier alpha value is -3.44. The number of benzene rings is 4. The summed E-state index contributed by atoms with van der Waals surface area (Å²) in [5, 5.41) is 5.48. The quantitative estimate of drug-likeness (QED) is 0.125. The van der Waals surface area contributed by atoms with Gasteiger partial charge in [0.05, 0.1) is 0 Å². The summed E-state index contributed by atoms with van der Waals surface area (Å²) in [5.74, 6) is 0.587. The monoisotopic (exact) mass is 832 g/mol. The predicted octanol–water partition coefficient (Wildman–Crippen LogP) is 14.9. The summed E-state index contributed by atoms with van der Waals surface area (Å²) in [7, 11) is 0. The summed E-state index contributed by atoms with van der Waals surface area (Å²) < 4.78 is 75.6. The summed E-state index contributed by atoms with van der Waals surface area (Å²) in [6.07, 6.45) is 1.61. The van der Waals surface area contributed by atoms with Crippen molar-refractivity contribution in [3.05, 3.63) is 148 Å². The van der Waals surface area contributed by atoms with Gasteiger partial charge in [0.15, 0.2) is 0 Å². The summed E-state index contributed by atoms with van der Waals surface area (Å²) in [6, 6.07) is 25.3. The van der Waals surface area contributed by atoms with Crippen molar-refractivity contribution in [2.75, 3.05) is 0 Å². The molecule has 0 heterocycles. The minimum absolute atomic E-state index is 0.203. The van der Waals surface area contributed by atoms with Gasteiger partial charge in [-0.3, -0.25) is 6.08 Å². The molecule has 0 saturated heterocycles. The third kappa shape index (κ3) is 11.8. The van der Waals surface area contributed by atoms with Crippen molar-refractivity contribution in [2.24, 2.45) is 11.3 Å². The summed E-state index contributed by atoms with van der Waals surface area (Å²) in [4.78, 5) is 0. The summed E-state index contributed by atoms with van der Waals surface area (Å²) >= 11 is 0.898. The van der Waals surface area contributed by atoms with Gasteiger partial charge in [-0.05, 0) is 10.8 Å². The van der Waals surface area contributed by atoms with Gasteiger partial charge in [-0.2, -0.15) is 11.6 Å². The van der Waals surface area contributed by atoms with Crippen molar-refractivity contribution in [1.29, 1.82) is 0 Å². The zero-order chi connectivity index (χ0) is 41.1. The molecule has 7 heteroatoms. The van der Waals surface area contributed by atoms with E-state index in [0.717, 1.165) is 48.5 Å². The molecule has 1 aliphatic rings. The fraction of sp³-hybridized carbons (Fsp3) is 0.375. The first kappa shape index (κ1) is 44.3. The van der Waals surface area contributed by atoms with Gasteiger partial charge >= 0.3 is 137 Å². The Bertz CT molecular complexity index is 2010. The van der Waals surface area contributed by atoms with E-state index in [9.17, 15) is 26.3 Å². The standard InChI is InChI=1S/C21H25.C15H8F6.C12H19.Zr/c1-20(2,3)16-7-9-18-14(12-16)11-15-13-17(21(4,5)6)8-10-19(15)18;16-14(17,18)12-5-1-10(2-6-12)9-11-3-7-13(8-4-11)15(19,20)21;1-5-6-10-7-8-11(9-10)12(2,3)4;/h7-13H,1-6H3;1-8H;8-10H,5-6H2,1-4H3;/q-1;;-1;+2. The van der Waals surface area contributed by atoms with Crippen LogP contribution in [0.4, 0.5) is 26.3 Å². The van der Waals surface area contributed by atoms with Crippen LogP contribution in [0.25, 0.3) is 21.5 Å². The number of allylic oxidation sites excluding steroid dienone is 4. The maximum atomic E-state index is 12.5. The van der Waals surface area contributed by atoms with E-state index >= 15 is 0 Å². The Morgan fingerprint density at radius 3 is 1.27 bits per heavy atom. The van der Waals surface area contributed by atoms with Crippen LogP contribution in [0.2, 0.25) is 0 Å². The van der Waals surface area contributed by atoms with Crippen LogP contribution in [0.15, 0.2) is 109 Å². The Balaban J connectivity index is 0.000000192. The average Bonchev–Trinajstić information content (AvgIpc) is 3.72. The second kappa shape index (κ2) is 17.0. The molecule has 0 N–H and O–H groups in total. The van der Waals surface area contributed by atoms with Crippen molar-refractivity contribution in [1.82, 2.24) is 0 Å². The van der Waals surface area contributed by atoms with Crippen LogP contribution in [0.3, 0.4) is 0 Å². The number of hydrogen-bond acceptors (Lipinski definition) is 0. The van der Waals surface area contributed by atoms with Crippen LogP contribution < -0.4 is 0 Å². The Morgan fingerprint density at radius 2 is 0.964 bits per heavy atom. The molecule has 55 heavy (non-hydrogen) atoms. The first-order valence-corrected chi connectivity index (χ1v) is 19.9. The molecule has 0 aliphatic heterocycles. The van der Waals surface area contributed by atoms with Crippen LogP contribution in [0.5, 0.6) is 0 Å². The second-order valence-corrected chi connectivity index (χ2v) is 18.6. The first-order chi connectivity index (χ1) is 25.3. The van der Waals surface area contributed by atoms with Crippen molar-refractivity contribution in [2.45, 2.75) is 105 Å². The predicted molar refractivity (Wildman–Crippen MR) is 214 cm³/mol. The van der Waals surface area contributed by atoms with E-state index in [0.29, 0.717) is 25.7 Å². The maximum absolute atomic E-state index is 12.5. The van der Waals surface area contributed by atoms with Gasteiger partial charge in [-0.1, -0.05) is 129 Å². The number of alkyl halides is 6. The van der Waals surface area contributed by atoms with E-state index in [1.54, 1.807) is 0 Å². The van der Waals surface area contributed by atoms with Gasteiger partial charge in [-0.15, -0.1) is 39.7 Å². The fourth-order valence-electron chi connectivity index (χ4n) is 6.23. The van der Waals surface area contributed by atoms with E-state index in [1.165, 1.54) is 75.4 Å². The fourth-order valence-corrected chi connectivity index (χ4v) is 7.05. The molecule has 0 saturated carbocycles. The summed E-state index contributed by atoms with van der Waals surface area (Å²) in [6.45, 7) is 22.6. The van der Waals surface area contributed by atoms with Crippen LogP contribution in [-0.4, -0.2) is 3.21 Å². The Morgan fingerprint density at radius 1 is 0.582 bits per heavy atom. The summed E-state index contributed by atoms with van der Waals surface area (Å²) in [5.41, 5.74) is 4.57. The van der Waals surface area contributed by atoms with Crippen molar-refractivity contribution in [3.63, 3.8) is 0 Å². The first-order valence-electron chi connectivity index (χ1n) is 18.7. The van der Waals surface area contributed by atoms with Gasteiger partial charge < -0.3 is 0 Å². The van der Waals surface area contributed by atoms with Gasteiger partial charge in [0.2, 0.25) is 0 Å². The van der Waals surface area contributed by atoms with Crippen molar-refractivity contribution in [3.8, 4) is 0 Å². The third-order valence-electron chi connectivity index (χ3n) is 9.74. The van der Waals surface area contributed by atoms with E-state index in [4.69, 9.17) is 0 Å². The van der Waals surface area contributed by atoms with E-state index < -0.39 is 23.5 Å². The number of rotatable bonds is 4. The molecule has 0 amide bonds. The number of halogens is 6. The SMILES string of the molecule is CC(C)(C)c1ccc2c(c1)[cH-]c1cc(C(C)(C)C)ccc12.CCCC1[C-]=CC(C(C)(C)C)=C1.FC(F)(F)c1ccc([C](=[Zr+2])c2ccc(C(F)(F)F)cc2)cc1. The molecule has 0 aromatic heterocycles. The second-order valence-electron chi connectivity index (χ2n) is 17.4. The Kier molecular flexibility index (Phi) is 13.7. The molecule has 0 bridgehead atoms. The molecule has 1 atom stereocenters. The molecule has 290 valence electrons. The molecule has 0 spiro atoms. The number of hydrogen-bond donors (Lipinski definition) is 0. The van der Waals surface area contributed by atoms with E-state index in [1.807, 2.05) is 0 Å². The average molecular weight is 834 g/mol. The topological polar surface area (TPSA) is 0 Å². The van der Waals surface area contributed by atoms with Crippen LogP contribution in [0.1, 0.15) is 115 Å². The minimum atomic E-state index is -4.41. The van der Waals surface area contributed by atoms with Gasteiger partial charge in [0.1, 0.15) is 0 Å². The van der Waals surface area contributed by atoms with Crippen molar-refractivity contribution < 1.29 is 50.6 Å². The zero-order valence-electron chi connectivity index (χ0n) is 33.6. The number of fused-ring (bicyclic) bond motifs is 3. The van der Waals surface area contributed by atoms with Gasteiger partial charge in [-0.25, -0.2) is 6.08 Å². The molecule has 5 aromatic carbocycles. The van der Waals surface area contributed by atoms with Crippen LogP contribution in [-0.2, 0) is 47.4 Å². The van der Waals surface area contributed by atoms with E-state index in [2.05, 4.69) is 130 Å². The third-order valence-corrected chi connectivity index (χ3v) is 11.2. The van der Waals surface area contributed by atoms with Gasteiger partial charge in [0, 0.05) is 0 Å². The van der Waals surface area contributed by atoms with E-state index in [-0.39, 0.29) is 10.8 Å². The zero-order valence-corrected chi connectivity index (χ0v) is 36.0.